The smallest absolute Gasteiger partial charge is 0.0230 e. The van der Waals surface area contributed by atoms with Crippen molar-refractivity contribution in [2.24, 2.45) is 5.92 Å². The van der Waals surface area contributed by atoms with E-state index in [1.807, 2.05) is 7.05 Å². The molecule has 1 aliphatic rings. The van der Waals surface area contributed by atoms with Gasteiger partial charge in [-0.25, -0.2) is 0 Å². The third kappa shape index (κ3) is 4.05. The van der Waals surface area contributed by atoms with Crippen LogP contribution in [0.3, 0.4) is 0 Å². The summed E-state index contributed by atoms with van der Waals surface area (Å²) in [6.07, 6.45) is 5.15. The van der Waals surface area contributed by atoms with Gasteiger partial charge in [0.2, 0.25) is 0 Å². The van der Waals surface area contributed by atoms with Crippen molar-refractivity contribution in [3.05, 3.63) is 34.9 Å². The molecule has 1 aliphatic carbocycles. The van der Waals surface area contributed by atoms with E-state index in [0.717, 1.165) is 19.0 Å². The fourth-order valence-electron chi connectivity index (χ4n) is 3.17. The van der Waals surface area contributed by atoms with E-state index in [4.69, 9.17) is 0 Å². The van der Waals surface area contributed by atoms with E-state index in [1.54, 1.807) is 11.1 Å². The van der Waals surface area contributed by atoms with Crippen LogP contribution in [-0.2, 0) is 19.4 Å². The van der Waals surface area contributed by atoms with E-state index < -0.39 is 0 Å². The molecule has 0 radical (unpaired) electrons. The van der Waals surface area contributed by atoms with Gasteiger partial charge in [-0.3, -0.25) is 0 Å². The third-order valence-electron chi connectivity index (χ3n) is 4.26. The predicted octanol–water partition coefficient (Wildman–Crippen LogP) is 2.85. The zero-order valence-corrected chi connectivity index (χ0v) is 12.7. The van der Waals surface area contributed by atoms with Crippen LogP contribution in [0.4, 0.5) is 0 Å². The Hall–Kier alpha value is -0.860. The second kappa shape index (κ2) is 7.06. The Morgan fingerprint density at radius 2 is 2.05 bits per heavy atom. The molecule has 0 heterocycles. The van der Waals surface area contributed by atoms with Crippen molar-refractivity contribution in [1.29, 1.82) is 0 Å². The summed E-state index contributed by atoms with van der Waals surface area (Å²) >= 11 is 0. The normalized spacial score (nSPS) is 15.8. The van der Waals surface area contributed by atoms with Crippen molar-refractivity contribution < 1.29 is 0 Å². The van der Waals surface area contributed by atoms with Gasteiger partial charge in [-0.15, -0.1) is 0 Å². The highest BCUT2D eigenvalue weighted by atomic mass is 15.1. The molecule has 2 rings (SSSR count). The molecular weight excluding hydrogens is 232 g/mol. The van der Waals surface area contributed by atoms with Crippen molar-refractivity contribution in [3.63, 3.8) is 0 Å². The topological polar surface area (TPSA) is 15.3 Å². The molecule has 1 aromatic rings. The third-order valence-corrected chi connectivity index (χ3v) is 4.26. The van der Waals surface area contributed by atoms with Crippen LogP contribution in [0, 0.1) is 5.92 Å². The number of nitrogens with one attached hydrogen (secondary N) is 1. The van der Waals surface area contributed by atoms with Crippen LogP contribution >= 0.6 is 0 Å². The number of hydrogen-bond acceptors (Lipinski definition) is 2. The Morgan fingerprint density at radius 1 is 1.26 bits per heavy atom. The lowest BCUT2D eigenvalue weighted by Crippen LogP contribution is -2.30. The molecule has 1 unspecified atom stereocenters. The van der Waals surface area contributed by atoms with Crippen LogP contribution in [0.2, 0.25) is 0 Å². The first-order valence-electron chi connectivity index (χ1n) is 7.66. The molecule has 106 valence electrons. The molecule has 0 aromatic heterocycles. The summed E-state index contributed by atoms with van der Waals surface area (Å²) in [5.74, 6) is 0.754. The highest BCUT2D eigenvalue weighted by molar-refractivity contribution is 5.35. The quantitative estimate of drug-likeness (QED) is 0.811. The van der Waals surface area contributed by atoms with Gasteiger partial charge in [0.1, 0.15) is 0 Å². The van der Waals surface area contributed by atoms with Crippen LogP contribution in [0.5, 0.6) is 0 Å². The first-order valence-corrected chi connectivity index (χ1v) is 7.66. The Labute approximate surface area is 118 Å². The molecule has 1 N–H and O–H groups in total. The molecule has 19 heavy (non-hydrogen) atoms. The lowest BCUT2D eigenvalue weighted by atomic mass is 10.0. The minimum atomic E-state index is 0.754. The van der Waals surface area contributed by atoms with Gasteiger partial charge in [0.05, 0.1) is 0 Å². The highest BCUT2D eigenvalue weighted by Gasteiger charge is 2.13. The van der Waals surface area contributed by atoms with Crippen LogP contribution in [0.15, 0.2) is 18.2 Å². The summed E-state index contributed by atoms with van der Waals surface area (Å²) in [4.78, 5) is 2.46. The van der Waals surface area contributed by atoms with Crippen LogP contribution in [0.25, 0.3) is 0 Å². The van der Waals surface area contributed by atoms with Gasteiger partial charge in [0.15, 0.2) is 0 Å². The molecule has 2 heteroatoms. The maximum atomic E-state index is 3.30. The summed E-state index contributed by atoms with van der Waals surface area (Å²) < 4.78 is 0. The number of nitrogens with zero attached hydrogens (tertiary/aromatic N) is 1. The maximum absolute atomic E-state index is 3.30. The highest BCUT2D eigenvalue weighted by Crippen LogP contribution is 2.23. The first kappa shape index (κ1) is 14.5. The van der Waals surface area contributed by atoms with Crippen molar-refractivity contribution >= 4 is 0 Å². The average Bonchev–Trinajstić information content (AvgIpc) is 2.85. The molecule has 0 aliphatic heterocycles. The zero-order valence-electron chi connectivity index (χ0n) is 12.7. The van der Waals surface area contributed by atoms with Gasteiger partial charge in [-0.1, -0.05) is 31.5 Å². The van der Waals surface area contributed by atoms with Gasteiger partial charge in [0, 0.05) is 13.1 Å². The number of hydrogen-bond donors (Lipinski definition) is 1. The van der Waals surface area contributed by atoms with Crippen molar-refractivity contribution in [3.8, 4) is 0 Å². The lowest BCUT2D eigenvalue weighted by Gasteiger charge is -2.23. The second-order valence-corrected chi connectivity index (χ2v) is 5.99. The first-order chi connectivity index (χ1) is 9.22. The molecule has 0 spiro atoms. The number of aryl methyl sites for hydroxylation is 2. The average molecular weight is 260 g/mol. The fourth-order valence-corrected chi connectivity index (χ4v) is 3.17. The number of rotatable bonds is 7. The van der Waals surface area contributed by atoms with Crippen LogP contribution in [-0.4, -0.2) is 32.1 Å². The summed E-state index contributed by atoms with van der Waals surface area (Å²) in [6.45, 7) is 5.65. The Morgan fingerprint density at radius 3 is 2.79 bits per heavy atom. The monoisotopic (exact) mass is 260 g/mol. The summed E-state index contributed by atoms with van der Waals surface area (Å²) in [5.41, 5.74) is 4.64. The van der Waals surface area contributed by atoms with E-state index in [-0.39, 0.29) is 0 Å². The van der Waals surface area contributed by atoms with Crippen molar-refractivity contribution in [1.82, 2.24) is 10.2 Å². The Kier molecular flexibility index (Phi) is 5.41. The summed E-state index contributed by atoms with van der Waals surface area (Å²) in [7, 11) is 4.29. The van der Waals surface area contributed by atoms with Gasteiger partial charge < -0.3 is 10.2 Å². The molecule has 0 saturated heterocycles. The molecule has 0 saturated carbocycles. The summed E-state index contributed by atoms with van der Waals surface area (Å²) in [5, 5.41) is 3.30. The van der Waals surface area contributed by atoms with Crippen molar-refractivity contribution in [2.75, 3.05) is 27.2 Å². The molecule has 0 fully saturated rings. The maximum Gasteiger partial charge on any atom is 0.0230 e. The Balaban J connectivity index is 1.89. The van der Waals surface area contributed by atoms with E-state index in [0.29, 0.717) is 0 Å². The standard InChI is InChI=1S/C17H28N2/c1-4-14(11-18-2)12-19(3)13-15-8-9-16-6-5-7-17(16)10-15/h8-10,14,18H,4-7,11-13H2,1-3H3. The fraction of sp³-hybridized carbons (Fsp3) is 0.647. The number of fused-ring (bicyclic) bond motifs is 1. The van der Waals surface area contributed by atoms with Gasteiger partial charge >= 0.3 is 0 Å². The Bertz CT molecular complexity index is 400. The SMILES string of the molecule is CCC(CNC)CN(C)Cc1ccc2c(c1)CCC2. The minimum absolute atomic E-state index is 0.754. The van der Waals surface area contributed by atoms with E-state index in [2.05, 4.69) is 42.4 Å². The molecule has 0 amide bonds. The number of benzene rings is 1. The van der Waals surface area contributed by atoms with Gasteiger partial charge in [-0.05, 0) is 62.5 Å². The van der Waals surface area contributed by atoms with E-state index in [1.165, 1.54) is 37.8 Å². The largest absolute Gasteiger partial charge is 0.319 e. The molecule has 2 nitrogen and oxygen atoms in total. The van der Waals surface area contributed by atoms with Gasteiger partial charge in [0.25, 0.3) is 0 Å². The molecule has 1 aromatic carbocycles. The van der Waals surface area contributed by atoms with Crippen LogP contribution in [0.1, 0.15) is 36.5 Å². The minimum Gasteiger partial charge on any atom is -0.319 e. The molecule has 1 atom stereocenters. The zero-order chi connectivity index (χ0) is 13.7. The van der Waals surface area contributed by atoms with Crippen LogP contribution < -0.4 is 5.32 Å². The summed E-state index contributed by atoms with van der Waals surface area (Å²) in [6, 6.07) is 7.09. The van der Waals surface area contributed by atoms with E-state index in [9.17, 15) is 0 Å². The van der Waals surface area contributed by atoms with E-state index >= 15 is 0 Å². The molecule has 0 bridgehead atoms. The van der Waals surface area contributed by atoms with Gasteiger partial charge in [-0.2, -0.15) is 0 Å². The predicted molar refractivity (Wildman–Crippen MR) is 82.5 cm³/mol. The molecular formula is C17H28N2. The van der Waals surface area contributed by atoms with Crippen molar-refractivity contribution in [2.45, 2.75) is 39.2 Å². The second-order valence-electron chi connectivity index (χ2n) is 5.99. The lowest BCUT2D eigenvalue weighted by molar-refractivity contribution is 0.261.